The topological polar surface area (TPSA) is 81.3 Å². The summed E-state index contributed by atoms with van der Waals surface area (Å²) < 4.78 is 10.9. The van der Waals surface area contributed by atoms with Gasteiger partial charge < -0.3 is 14.2 Å². The minimum Gasteiger partial charge on any atom is -0.385 e. The van der Waals surface area contributed by atoms with Gasteiger partial charge in [0.2, 0.25) is 5.91 Å². The van der Waals surface area contributed by atoms with Gasteiger partial charge in [0, 0.05) is 50.2 Å². The van der Waals surface area contributed by atoms with E-state index in [1.165, 1.54) is 5.56 Å². The Morgan fingerprint density at radius 1 is 1.13 bits per heavy atom. The maximum absolute atomic E-state index is 12.8. The number of rotatable bonds is 7. The summed E-state index contributed by atoms with van der Waals surface area (Å²) in [6.07, 6.45) is 6.20. The molecular formula is C24H28N4O3. The summed E-state index contributed by atoms with van der Waals surface area (Å²) in [4.78, 5) is 23.5. The third-order valence-electron chi connectivity index (χ3n) is 6.16. The van der Waals surface area contributed by atoms with Gasteiger partial charge in [0.15, 0.2) is 5.82 Å². The van der Waals surface area contributed by atoms with Crippen molar-refractivity contribution in [3.05, 3.63) is 65.7 Å². The average Bonchev–Trinajstić information content (AvgIpc) is 3.31. The predicted molar refractivity (Wildman–Crippen MR) is 116 cm³/mol. The van der Waals surface area contributed by atoms with Gasteiger partial charge >= 0.3 is 0 Å². The van der Waals surface area contributed by atoms with Gasteiger partial charge in [-0.05, 0) is 43.9 Å². The molecule has 0 radical (unpaired) electrons. The first kappa shape index (κ1) is 21.2. The lowest BCUT2D eigenvalue weighted by Crippen LogP contribution is -2.46. The number of aryl methyl sites for hydroxylation is 1. The minimum atomic E-state index is -0.259. The van der Waals surface area contributed by atoms with Gasteiger partial charge in [-0.3, -0.25) is 9.78 Å². The van der Waals surface area contributed by atoms with Crippen molar-refractivity contribution >= 4 is 5.91 Å². The number of benzene rings is 1. The van der Waals surface area contributed by atoms with Gasteiger partial charge in [0.05, 0.1) is 6.42 Å². The lowest BCUT2D eigenvalue weighted by molar-refractivity contribution is -0.132. The van der Waals surface area contributed by atoms with E-state index in [1.807, 2.05) is 48.2 Å². The number of likely N-dealkylation sites (tertiary alicyclic amines) is 1. The standard InChI is InChI=1S/C24H28N4O3/c1-18-3-5-19(6-4-18)17-21(29)28-14-9-24(10-15-28,11-16-30-2)23-26-22(31-27-23)20-7-12-25-13-8-20/h3-8,12-13H,9-11,14-17H2,1-2H3. The highest BCUT2D eigenvalue weighted by Gasteiger charge is 2.41. The van der Waals surface area contributed by atoms with Crippen molar-refractivity contribution in [3.63, 3.8) is 0 Å². The zero-order valence-corrected chi connectivity index (χ0v) is 18.1. The molecule has 3 heterocycles. The first-order valence-electron chi connectivity index (χ1n) is 10.7. The Bertz CT molecular complexity index is 993. The molecule has 0 spiro atoms. The second-order valence-electron chi connectivity index (χ2n) is 8.23. The minimum absolute atomic E-state index is 0.162. The Morgan fingerprint density at radius 2 is 1.84 bits per heavy atom. The Morgan fingerprint density at radius 3 is 2.52 bits per heavy atom. The molecule has 31 heavy (non-hydrogen) atoms. The average molecular weight is 421 g/mol. The van der Waals surface area contributed by atoms with Crippen LogP contribution in [-0.4, -0.2) is 52.7 Å². The molecule has 1 amide bonds. The molecule has 0 atom stereocenters. The summed E-state index contributed by atoms with van der Waals surface area (Å²) in [7, 11) is 1.70. The van der Waals surface area contributed by atoms with Gasteiger partial charge in [-0.2, -0.15) is 4.98 Å². The molecule has 7 nitrogen and oxygen atoms in total. The second-order valence-corrected chi connectivity index (χ2v) is 8.23. The highest BCUT2D eigenvalue weighted by atomic mass is 16.5. The van der Waals surface area contributed by atoms with E-state index in [9.17, 15) is 4.79 Å². The van der Waals surface area contributed by atoms with Crippen LogP contribution in [0.15, 0.2) is 53.3 Å². The van der Waals surface area contributed by atoms with Gasteiger partial charge in [-0.25, -0.2) is 0 Å². The number of piperidine rings is 1. The van der Waals surface area contributed by atoms with Crippen LogP contribution < -0.4 is 0 Å². The van der Waals surface area contributed by atoms with Crippen LogP contribution in [0.4, 0.5) is 0 Å². The fraction of sp³-hybridized carbons (Fsp3) is 0.417. The number of hydrogen-bond acceptors (Lipinski definition) is 6. The number of amides is 1. The summed E-state index contributed by atoms with van der Waals surface area (Å²) >= 11 is 0. The molecule has 1 fully saturated rings. The van der Waals surface area contributed by atoms with Crippen molar-refractivity contribution in [1.29, 1.82) is 0 Å². The molecule has 0 saturated carbocycles. The Labute approximate surface area is 182 Å². The van der Waals surface area contributed by atoms with Crippen LogP contribution in [0.25, 0.3) is 11.5 Å². The Balaban J connectivity index is 1.46. The number of nitrogens with zero attached hydrogens (tertiary/aromatic N) is 4. The summed E-state index contributed by atoms with van der Waals surface area (Å²) in [6, 6.07) is 11.9. The van der Waals surface area contributed by atoms with Gasteiger partial charge in [0.1, 0.15) is 0 Å². The first-order chi connectivity index (χ1) is 15.1. The van der Waals surface area contributed by atoms with E-state index in [-0.39, 0.29) is 11.3 Å². The number of ether oxygens (including phenoxy) is 1. The fourth-order valence-corrected chi connectivity index (χ4v) is 4.11. The Kier molecular flexibility index (Phi) is 6.42. The molecule has 162 valence electrons. The van der Waals surface area contributed by atoms with Gasteiger partial charge in [0.25, 0.3) is 5.89 Å². The number of carbonyl (C=O) groups excluding carboxylic acids is 1. The molecule has 1 aliphatic heterocycles. The number of aromatic nitrogens is 3. The van der Waals surface area contributed by atoms with E-state index < -0.39 is 0 Å². The van der Waals surface area contributed by atoms with Crippen molar-refractivity contribution in [2.24, 2.45) is 0 Å². The van der Waals surface area contributed by atoms with Crippen molar-refractivity contribution in [2.45, 2.75) is 38.0 Å². The highest BCUT2D eigenvalue weighted by Crippen LogP contribution is 2.38. The molecule has 0 aliphatic carbocycles. The van der Waals surface area contributed by atoms with E-state index in [0.29, 0.717) is 37.8 Å². The van der Waals surface area contributed by atoms with Crippen molar-refractivity contribution < 1.29 is 14.1 Å². The van der Waals surface area contributed by atoms with Crippen LogP contribution in [0, 0.1) is 6.92 Å². The van der Waals surface area contributed by atoms with Crippen molar-refractivity contribution in [1.82, 2.24) is 20.0 Å². The number of carbonyl (C=O) groups is 1. The summed E-state index contributed by atoms with van der Waals surface area (Å²) in [5.41, 5.74) is 2.84. The molecule has 0 unspecified atom stereocenters. The number of hydrogen-bond donors (Lipinski definition) is 0. The molecule has 4 rings (SSSR count). The second kappa shape index (κ2) is 9.39. The maximum Gasteiger partial charge on any atom is 0.258 e. The van der Waals surface area contributed by atoms with E-state index >= 15 is 0 Å². The van der Waals surface area contributed by atoms with Crippen LogP contribution in [0.2, 0.25) is 0 Å². The maximum atomic E-state index is 12.8. The number of pyridine rings is 1. The quantitative estimate of drug-likeness (QED) is 0.581. The zero-order valence-electron chi connectivity index (χ0n) is 18.1. The van der Waals surface area contributed by atoms with E-state index in [4.69, 9.17) is 14.2 Å². The Hall–Kier alpha value is -3.06. The molecule has 0 N–H and O–H groups in total. The summed E-state index contributed by atoms with van der Waals surface area (Å²) in [5.74, 6) is 1.35. The van der Waals surface area contributed by atoms with Crippen LogP contribution >= 0.6 is 0 Å². The first-order valence-corrected chi connectivity index (χ1v) is 10.7. The third kappa shape index (κ3) is 4.82. The normalized spacial score (nSPS) is 15.7. The third-order valence-corrected chi connectivity index (χ3v) is 6.16. The number of methoxy groups -OCH3 is 1. The zero-order chi connectivity index (χ0) is 21.7. The molecule has 2 aromatic heterocycles. The SMILES string of the molecule is COCCC1(c2noc(-c3ccncc3)n2)CCN(C(=O)Cc2ccc(C)cc2)CC1. The highest BCUT2D eigenvalue weighted by molar-refractivity contribution is 5.79. The molecule has 1 aromatic carbocycles. The monoisotopic (exact) mass is 420 g/mol. The lowest BCUT2D eigenvalue weighted by atomic mass is 9.75. The summed E-state index contributed by atoms with van der Waals surface area (Å²) in [6.45, 7) is 4.01. The molecule has 0 bridgehead atoms. The lowest BCUT2D eigenvalue weighted by Gasteiger charge is -2.39. The predicted octanol–water partition coefficient (Wildman–Crippen LogP) is 3.58. The van der Waals surface area contributed by atoms with E-state index in [1.54, 1.807) is 19.5 Å². The molecule has 7 heteroatoms. The van der Waals surface area contributed by atoms with Crippen molar-refractivity contribution in [2.75, 3.05) is 26.8 Å². The van der Waals surface area contributed by atoms with Crippen LogP contribution in [0.3, 0.4) is 0 Å². The van der Waals surface area contributed by atoms with Crippen LogP contribution in [0.5, 0.6) is 0 Å². The smallest absolute Gasteiger partial charge is 0.258 e. The van der Waals surface area contributed by atoms with Crippen LogP contribution in [0.1, 0.15) is 36.2 Å². The van der Waals surface area contributed by atoms with E-state index in [0.717, 1.165) is 30.4 Å². The summed E-state index contributed by atoms with van der Waals surface area (Å²) in [5, 5.41) is 4.32. The fourth-order valence-electron chi connectivity index (χ4n) is 4.11. The largest absolute Gasteiger partial charge is 0.385 e. The van der Waals surface area contributed by atoms with E-state index in [2.05, 4.69) is 10.1 Å². The van der Waals surface area contributed by atoms with Crippen LogP contribution in [-0.2, 0) is 21.4 Å². The molecular weight excluding hydrogens is 392 g/mol. The van der Waals surface area contributed by atoms with Crippen molar-refractivity contribution in [3.8, 4) is 11.5 Å². The van der Waals surface area contributed by atoms with Gasteiger partial charge in [-0.15, -0.1) is 0 Å². The molecule has 1 aliphatic rings. The van der Waals surface area contributed by atoms with Gasteiger partial charge in [-0.1, -0.05) is 35.0 Å². The molecule has 1 saturated heterocycles. The molecule has 3 aromatic rings.